The molecule has 0 amide bonds. The second-order valence-corrected chi connectivity index (χ2v) is 7.55. The predicted octanol–water partition coefficient (Wildman–Crippen LogP) is 2.57. The Morgan fingerprint density at radius 1 is 1.29 bits per heavy atom. The van der Waals surface area contributed by atoms with Crippen molar-refractivity contribution in [3.8, 4) is 0 Å². The van der Waals surface area contributed by atoms with Crippen molar-refractivity contribution in [2.45, 2.75) is 63.6 Å². The molecule has 3 fully saturated rings. The third kappa shape index (κ3) is 2.88. The minimum Gasteiger partial charge on any atom is -0.309 e. The largest absolute Gasteiger partial charge is 0.309 e. The summed E-state index contributed by atoms with van der Waals surface area (Å²) in [5.41, 5.74) is 1.59. The maximum atomic E-state index is 4.85. The van der Waals surface area contributed by atoms with Gasteiger partial charge in [0.05, 0.1) is 11.7 Å². The molecule has 116 valence electrons. The fraction of sp³-hybridized carbons (Fsp3) is 0.824. The van der Waals surface area contributed by atoms with Gasteiger partial charge in [0.15, 0.2) is 0 Å². The van der Waals surface area contributed by atoms with E-state index in [4.69, 9.17) is 5.10 Å². The topological polar surface area (TPSA) is 33.1 Å². The van der Waals surface area contributed by atoms with E-state index in [0.29, 0.717) is 11.6 Å². The van der Waals surface area contributed by atoms with Gasteiger partial charge in [-0.05, 0) is 44.6 Å². The van der Waals surface area contributed by atoms with E-state index in [2.05, 4.69) is 34.1 Å². The molecule has 1 N–H and O–H groups in total. The number of aromatic nitrogens is 2. The van der Waals surface area contributed by atoms with Crippen molar-refractivity contribution in [3.63, 3.8) is 0 Å². The van der Waals surface area contributed by atoms with Crippen molar-refractivity contribution in [2.24, 2.45) is 5.92 Å². The van der Waals surface area contributed by atoms with Gasteiger partial charge in [0.1, 0.15) is 0 Å². The molecule has 1 aromatic heterocycles. The lowest BCUT2D eigenvalue weighted by Crippen LogP contribution is -2.59. The van der Waals surface area contributed by atoms with Crippen LogP contribution >= 0.6 is 0 Å². The summed E-state index contributed by atoms with van der Waals surface area (Å²) in [6, 6.07) is 2.90. The molecule has 1 aromatic rings. The molecule has 0 radical (unpaired) electrons. The molecule has 0 aromatic carbocycles. The highest BCUT2D eigenvalue weighted by Gasteiger charge is 2.43. The molecule has 0 bridgehead atoms. The minimum absolute atomic E-state index is 0.340. The number of rotatable bonds is 4. The Labute approximate surface area is 127 Å². The Kier molecular flexibility index (Phi) is 3.54. The van der Waals surface area contributed by atoms with Gasteiger partial charge < -0.3 is 5.32 Å². The van der Waals surface area contributed by atoms with Gasteiger partial charge in [-0.25, -0.2) is 0 Å². The number of hydrogen-bond donors (Lipinski definition) is 1. The summed E-state index contributed by atoms with van der Waals surface area (Å²) in [5, 5.41) is 8.61. The molecular weight excluding hydrogens is 260 g/mol. The molecule has 1 aliphatic heterocycles. The van der Waals surface area contributed by atoms with Crippen LogP contribution in [-0.2, 0) is 6.54 Å². The highest BCUT2D eigenvalue weighted by Crippen LogP contribution is 2.40. The normalized spacial score (nSPS) is 31.9. The van der Waals surface area contributed by atoms with Crippen LogP contribution in [0.15, 0.2) is 12.3 Å². The quantitative estimate of drug-likeness (QED) is 0.924. The minimum atomic E-state index is 0.340. The first-order valence-corrected chi connectivity index (χ1v) is 8.74. The molecule has 1 unspecified atom stereocenters. The van der Waals surface area contributed by atoms with Crippen molar-refractivity contribution in [3.05, 3.63) is 18.0 Å². The van der Waals surface area contributed by atoms with Gasteiger partial charge in [-0.15, -0.1) is 0 Å². The smallest absolute Gasteiger partial charge is 0.0764 e. The van der Waals surface area contributed by atoms with Crippen LogP contribution in [-0.4, -0.2) is 39.9 Å². The summed E-state index contributed by atoms with van der Waals surface area (Å²) in [4.78, 5) is 2.59. The summed E-state index contributed by atoms with van der Waals surface area (Å²) < 4.78 is 2.23. The Bertz CT molecular complexity index is 487. The Morgan fingerprint density at radius 2 is 2.10 bits per heavy atom. The highest BCUT2D eigenvalue weighted by molar-refractivity contribution is 5.05. The van der Waals surface area contributed by atoms with E-state index in [0.717, 1.165) is 25.6 Å². The monoisotopic (exact) mass is 288 g/mol. The zero-order valence-corrected chi connectivity index (χ0v) is 13.2. The summed E-state index contributed by atoms with van der Waals surface area (Å²) in [6.45, 7) is 6.88. The van der Waals surface area contributed by atoms with Gasteiger partial charge in [-0.2, -0.15) is 5.10 Å². The van der Waals surface area contributed by atoms with E-state index in [1.807, 2.05) is 0 Å². The Hall–Kier alpha value is -0.870. The molecule has 2 aliphatic carbocycles. The number of nitrogens with one attached hydrogen (secondary N) is 1. The Balaban J connectivity index is 1.39. The van der Waals surface area contributed by atoms with Crippen molar-refractivity contribution in [1.29, 1.82) is 0 Å². The van der Waals surface area contributed by atoms with Crippen molar-refractivity contribution in [2.75, 3.05) is 19.6 Å². The zero-order chi connectivity index (χ0) is 14.3. The van der Waals surface area contributed by atoms with Crippen LogP contribution in [0.25, 0.3) is 0 Å². The lowest BCUT2D eigenvalue weighted by molar-refractivity contribution is 0.120. The fourth-order valence-corrected chi connectivity index (χ4v) is 4.29. The zero-order valence-electron chi connectivity index (χ0n) is 13.2. The van der Waals surface area contributed by atoms with Gasteiger partial charge in [0.25, 0.3) is 0 Å². The average Bonchev–Trinajstić information content (AvgIpc) is 3.01. The molecule has 4 heteroatoms. The van der Waals surface area contributed by atoms with Gasteiger partial charge in [0, 0.05) is 37.9 Å². The van der Waals surface area contributed by atoms with E-state index >= 15 is 0 Å². The SMILES string of the molecule is CC1(C2CC2)CN(Cc2ccn(C3CCCC3)n2)CCN1. The lowest BCUT2D eigenvalue weighted by atomic mass is 9.93. The molecule has 21 heavy (non-hydrogen) atoms. The van der Waals surface area contributed by atoms with Crippen molar-refractivity contribution >= 4 is 0 Å². The molecule has 1 saturated heterocycles. The average molecular weight is 288 g/mol. The van der Waals surface area contributed by atoms with Gasteiger partial charge in [-0.1, -0.05) is 12.8 Å². The molecule has 2 saturated carbocycles. The van der Waals surface area contributed by atoms with Crippen LogP contribution < -0.4 is 5.32 Å². The first-order valence-electron chi connectivity index (χ1n) is 8.74. The molecular formula is C17H28N4. The first kappa shape index (κ1) is 13.8. The Morgan fingerprint density at radius 3 is 2.86 bits per heavy atom. The molecule has 3 aliphatic rings. The van der Waals surface area contributed by atoms with Crippen LogP contribution in [0.2, 0.25) is 0 Å². The maximum absolute atomic E-state index is 4.85. The van der Waals surface area contributed by atoms with Crippen LogP contribution in [0.4, 0.5) is 0 Å². The third-order valence-electron chi connectivity index (χ3n) is 5.74. The lowest BCUT2D eigenvalue weighted by Gasteiger charge is -2.41. The molecule has 4 nitrogen and oxygen atoms in total. The van der Waals surface area contributed by atoms with Gasteiger partial charge in [0.2, 0.25) is 0 Å². The first-order chi connectivity index (χ1) is 10.2. The van der Waals surface area contributed by atoms with Crippen LogP contribution in [0, 0.1) is 5.92 Å². The standard InChI is InChI=1S/C17H28N4/c1-17(14-6-7-14)13-20(11-9-18-17)12-15-8-10-21(19-15)16-4-2-3-5-16/h8,10,14,16,18H,2-7,9,11-13H2,1H3. The summed E-state index contributed by atoms with van der Waals surface area (Å²) in [7, 11) is 0. The number of piperazine rings is 1. The second-order valence-electron chi connectivity index (χ2n) is 7.55. The van der Waals surface area contributed by atoms with Crippen LogP contribution in [0.1, 0.15) is 57.2 Å². The second kappa shape index (κ2) is 5.40. The van der Waals surface area contributed by atoms with E-state index in [9.17, 15) is 0 Å². The van der Waals surface area contributed by atoms with Crippen LogP contribution in [0.5, 0.6) is 0 Å². The summed E-state index contributed by atoms with van der Waals surface area (Å²) in [5.74, 6) is 0.899. The maximum Gasteiger partial charge on any atom is 0.0764 e. The highest BCUT2D eigenvalue weighted by atomic mass is 15.3. The molecule has 4 rings (SSSR count). The summed E-state index contributed by atoms with van der Waals surface area (Å²) in [6.07, 6.45) is 10.4. The van der Waals surface area contributed by atoms with E-state index in [1.54, 1.807) is 0 Å². The molecule has 2 heterocycles. The number of hydrogen-bond acceptors (Lipinski definition) is 3. The third-order valence-corrected chi connectivity index (χ3v) is 5.74. The fourth-order valence-electron chi connectivity index (χ4n) is 4.29. The number of nitrogens with zero attached hydrogens (tertiary/aromatic N) is 3. The molecule has 1 atom stereocenters. The van der Waals surface area contributed by atoms with Crippen molar-refractivity contribution < 1.29 is 0 Å². The van der Waals surface area contributed by atoms with Gasteiger partial charge in [-0.3, -0.25) is 9.58 Å². The van der Waals surface area contributed by atoms with Gasteiger partial charge >= 0.3 is 0 Å². The van der Waals surface area contributed by atoms with Crippen LogP contribution in [0.3, 0.4) is 0 Å². The van der Waals surface area contributed by atoms with Crippen molar-refractivity contribution in [1.82, 2.24) is 20.0 Å². The molecule has 0 spiro atoms. The van der Waals surface area contributed by atoms with E-state index in [-0.39, 0.29) is 0 Å². The van der Waals surface area contributed by atoms with E-state index in [1.165, 1.54) is 50.8 Å². The predicted molar refractivity (Wildman–Crippen MR) is 84.1 cm³/mol. The van der Waals surface area contributed by atoms with E-state index < -0.39 is 0 Å². The summed E-state index contributed by atoms with van der Waals surface area (Å²) >= 11 is 0.